The van der Waals surface area contributed by atoms with Crippen LogP contribution in [0.25, 0.3) is 11.3 Å². The molecule has 0 unspecified atom stereocenters. The molecule has 0 bridgehead atoms. The molecule has 0 saturated heterocycles. The predicted octanol–water partition coefficient (Wildman–Crippen LogP) is 4.91. The molecule has 0 aliphatic rings. The SMILES string of the molecule is Cc1ccc(-c2csc(=S)n2CC(=O)N(C)Cc2ccccc2)cc1. The highest BCUT2D eigenvalue weighted by molar-refractivity contribution is 7.73. The average molecular weight is 369 g/mol. The van der Waals surface area contributed by atoms with Gasteiger partial charge in [-0.15, -0.1) is 11.3 Å². The van der Waals surface area contributed by atoms with Crippen LogP contribution in [-0.4, -0.2) is 22.4 Å². The van der Waals surface area contributed by atoms with Gasteiger partial charge < -0.3 is 9.47 Å². The third-order valence-electron chi connectivity index (χ3n) is 4.11. The maximum absolute atomic E-state index is 12.7. The van der Waals surface area contributed by atoms with Crippen molar-refractivity contribution in [1.82, 2.24) is 9.47 Å². The first-order chi connectivity index (χ1) is 12.0. The fourth-order valence-corrected chi connectivity index (χ4v) is 3.70. The van der Waals surface area contributed by atoms with E-state index in [0.717, 1.165) is 20.8 Å². The van der Waals surface area contributed by atoms with Crippen LogP contribution >= 0.6 is 23.6 Å². The minimum atomic E-state index is 0.0479. The molecule has 0 aliphatic carbocycles. The number of aryl methyl sites for hydroxylation is 1. The van der Waals surface area contributed by atoms with Crippen LogP contribution in [0.2, 0.25) is 0 Å². The lowest BCUT2D eigenvalue weighted by molar-refractivity contribution is -0.131. The standard InChI is InChI=1S/C20H20N2OS2/c1-15-8-10-17(11-9-15)18-14-25-20(24)22(18)13-19(23)21(2)12-16-6-4-3-5-7-16/h3-11,14H,12-13H2,1-2H3. The highest BCUT2D eigenvalue weighted by atomic mass is 32.1. The molecule has 1 aromatic heterocycles. The van der Waals surface area contributed by atoms with Gasteiger partial charge in [-0.05, 0) is 30.3 Å². The molecule has 1 amide bonds. The summed E-state index contributed by atoms with van der Waals surface area (Å²) in [6.45, 7) is 2.91. The van der Waals surface area contributed by atoms with Crippen LogP contribution in [0.1, 0.15) is 11.1 Å². The van der Waals surface area contributed by atoms with Crippen LogP contribution in [0.15, 0.2) is 60.0 Å². The first-order valence-electron chi connectivity index (χ1n) is 8.08. The van der Waals surface area contributed by atoms with Crippen LogP contribution in [-0.2, 0) is 17.9 Å². The Morgan fingerprint density at radius 2 is 1.80 bits per heavy atom. The minimum Gasteiger partial charge on any atom is -0.340 e. The Kier molecular flexibility index (Phi) is 5.46. The number of aromatic nitrogens is 1. The highest BCUT2D eigenvalue weighted by Crippen LogP contribution is 2.24. The maximum atomic E-state index is 12.7. The molecule has 0 aliphatic heterocycles. The van der Waals surface area contributed by atoms with Crippen LogP contribution in [0, 0.1) is 10.9 Å². The number of likely N-dealkylation sites (N-methyl/N-ethyl adjacent to an activating group) is 1. The van der Waals surface area contributed by atoms with Crippen molar-refractivity contribution in [2.45, 2.75) is 20.0 Å². The Hall–Kier alpha value is -2.24. The Labute approximate surface area is 157 Å². The van der Waals surface area contributed by atoms with Gasteiger partial charge in [-0.25, -0.2) is 0 Å². The molecule has 3 aromatic rings. The molecule has 0 spiro atoms. The summed E-state index contributed by atoms with van der Waals surface area (Å²) in [6, 6.07) is 18.3. The molecule has 25 heavy (non-hydrogen) atoms. The van der Waals surface area contributed by atoms with Crippen molar-refractivity contribution in [2.24, 2.45) is 0 Å². The van der Waals surface area contributed by atoms with E-state index in [1.807, 2.05) is 47.3 Å². The van der Waals surface area contributed by atoms with Crippen molar-refractivity contribution in [3.05, 3.63) is 75.1 Å². The molecule has 1 heterocycles. The minimum absolute atomic E-state index is 0.0479. The van der Waals surface area contributed by atoms with E-state index < -0.39 is 0 Å². The Bertz CT molecular complexity index is 911. The second-order valence-electron chi connectivity index (χ2n) is 6.07. The Morgan fingerprint density at radius 3 is 2.48 bits per heavy atom. The summed E-state index contributed by atoms with van der Waals surface area (Å²) >= 11 is 6.94. The quantitative estimate of drug-likeness (QED) is 0.598. The van der Waals surface area contributed by atoms with Crippen LogP contribution < -0.4 is 0 Å². The molecule has 2 aromatic carbocycles. The third-order valence-corrected chi connectivity index (χ3v) is 5.38. The average Bonchev–Trinajstić information content (AvgIpc) is 2.97. The summed E-state index contributed by atoms with van der Waals surface area (Å²) in [4.78, 5) is 14.4. The Morgan fingerprint density at radius 1 is 1.12 bits per heavy atom. The van der Waals surface area contributed by atoms with Gasteiger partial charge in [0.1, 0.15) is 6.54 Å². The summed E-state index contributed by atoms with van der Waals surface area (Å²) < 4.78 is 2.64. The Balaban J connectivity index is 1.78. The number of hydrogen-bond donors (Lipinski definition) is 0. The van der Waals surface area contributed by atoms with E-state index in [-0.39, 0.29) is 12.5 Å². The van der Waals surface area contributed by atoms with E-state index in [9.17, 15) is 4.79 Å². The predicted molar refractivity (Wildman–Crippen MR) is 106 cm³/mol. The second kappa shape index (κ2) is 7.76. The number of benzene rings is 2. The molecule has 0 N–H and O–H groups in total. The van der Waals surface area contributed by atoms with Crippen molar-refractivity contribution in [3.8, 4) is 11.3 Å². The lowest BCUT2D eigenvalue weighted by Crippen LogP contribution is -2.30. The number of thiazole rings is 1. The largest absolute Gasteiger partial charge is 0.340 e. The van der Waals surface area contributed by atoms with Gasteiger partial charge in [-0.1, -0.05) is 60.2 Å². The van der Waals surface area contributed by atoms with E-state index in [0.29, 0.717) is 6.54 Å². The zero-order valence-corrected chi connectivity index (χ0v) is 15.9. The van der Waals surface area contributed by atoms with Crippen LogP contribution in [0.5, 0.6) is 0 Å². The van der Waals surface area contributed by atoms with E-state index in [1.54, 1.807) is 4.90 Å². The molecule has 0 radical (unpaired) electrons. The summed E-state index contributed by atoms with van der Waals surface area (Å²) in [5, 5.41) is 2.03. The zero-order valence-electron chi connectivity index (χ0n) is 14.3. The van der Waals surface area contributed by atoms with Crippen LogP contribution in [0.3, 0.4) is 0 Å². The number of carbonyl (C=O) groups is 1. The maximum Gasteiger partial charge on any atom is 0.242 e. The van der Waals surface area contributed by atoms with Gasteiger partial charge in [0, 0.05) is 19.0 Å². The number of carbonyl (C=O) groups excluding carboxylic acids is 1. The van der Waals surface area contributed by atoms with Gasteiger partial charge >= 0.3 is 0 Å². The number of rotatable bonds is 5. The van der Waals surface area contributed by atoms with E-state index in [4.69, 9.17) is 12.2 Å². The van der Waals surface area contributed by atoms with Crippen molar-refractivity contribution in [3.63, 3.8) is 0 Å². The molecule has 0 atom stereocenters. The van der Waals surface area contributed by atoms with Gasteiger partial charge in [-0.2, -0.15) is 0 Å². The molecule has 0 saturated carbocycles. The fourth-order valence-electron chi connectivity index (χ4n) is 2.63. The van der Waals surface area contributed by atoms with Gasteiger partial charge in [0.15, 0.2) is 3.95 Å². The number of amides is 1. The van der Waals surface area contributed by atoms with E-state index >= 15 is 0 Å². The second-order valence-corrected chi connectivity index (χ2v) is 7.58. The smallest absolute Gasteiger partial charge is 0.242 e. The van der Waals surface area contributed by atoms with Gasteiger partial charge in [0.25, 0.3) is 0 Å². The van der Waals surface area contributed by atoms with Gasteiger partial charge in [-0.3, -0.25) is 4.79 Å². The van der Waals surface area contributed by atoms with E-state index in [1.165, 1.54) is 16.9 Å². The molecular weight excluding hydrogens is 348 g/mol. The van der Waals surface area contributed by atoms with Gasteiger partial charge in [0.05, 0.1) is 5.69 Å². The molecule has 5 heteroatoms. The first-order valence-corrected chi connectivity index (χ1v) is 9.36. The summed E-state index contributed by atoms with van der Waals surface area (Å²) in [5.74, 6) is 0.0479. The monoisotopic (exact) mass is 368 g/mol. The van der Waals surface area contributed by atoms with Crippen molar-refractivity contribution >= 4 is 29.5 Å². The summed E-state index contributed by atoms with van der Waals surface area (Å²) in [6.07, 6.45) is 0. The van der Waals surface area contributed by atoms with E-state index in [2.05, 4.69) is 31.2 Å². The molecule has 0 fully saturated rings. The molecular formula is C20H20N2OS2. The number of nitrogens with zero attached hydrogens (tertiary/aromatic N) is 2. The molecule has 3 nitrogen and oxygen atoms in total. The number of hydrogen-bond acceptors (Lipinski definition) is 3. The third kappa shape index (κ3) is 4.24. The molecule has 3 rings (SSSR count). The van der Waals surface area contributed by atoms with Crippen LogP contribution in [0.4, 0.5) is 0 Å². The fraction of sp³-hybridized carbons (Fsp3) is 0.200. The van der Waals surface area contributed by atoms with Crippen molar-refractivity contribution in [2.75, 3.05) is 7.05 Å². The lowest BCUT2D eigenvalue weighted by atomic mass is 10.1. The summed E-state index contributed by atoms with van der Waals surface area (Å²) in [7, 11) is 1.83. The van der Waals surface area contributed by atoms with Crippen molar-refractivity contribution < 1.29 is 4.79 Å². The van der Waals surface area contributed by atoms with Gasteiger partial charge in [0.2, 0.25) is 5.91 Å². The molecule has 128 valence electrons. The summed E-state index contributed by atoms with van der Waals surface area (Å²) in [5.41, 5.74) is 4.40. The first kappa shape index (κ1) is 17.6. The zero-order chi connectivity index (χ0) is 17.8. The normalized spacial score (nSPS) is 10.6. The topological polar surface area (TPSA) is 25.2 Å². The van der Waals surface area contributed by atoms with Crippen molar-refractivity contribution in [1.29, 1.82) is 0 Å². The lowest BCUT2D eigenvalue weighted by Gasteiger charge is -2.18. The highest BCUT2D eigenvalue weighted by Gasteiger charge is 2.14.